The van der Waals surface area contributed by atoms with Gasteiger partial charge in [-0.05, 0) is 36.8 Å². The van der Waals surface area contributed by atoms with Crippen LogP contribution in [0.5, 0.6) is 5.88 Å². The molecule has 1 aromatic carbocycles. The van der Waals surface area contributed by atoms with Crippen LogP contribution in [0.4, 0.5) is 11.5 Å². The molecule has 0 aliphatic rings. The van der Waals surface area contributed by atoms with Gasteiger partial charge in [0.05, 0.1) is 12.3 Å². The molecule has 2 rings (SSSR count). The zero-order valence-electron chi connectivity index (χ0n) is 10.7. The Labute approximate surface area is 121 Å². The summed E-state index contributed by atoms with van der Waals surface area (Å²) >= 11 is 3.45. The Hall–Kier alpha value is -1.75. The number of hydrogen-bond acceptors (Lipinski definition) is 4. The highest BCUT2D eigenvalue weighted by atomic mass is 79.9. The molecule has 2 aromatic rings. The Kier molecular flexibility index (Phi) is 4.63. The van der Waals surface area contributed by atoms with Gasteiger partial charge in [-0.3, -0.25) is 0 Å². The van der Waals surface area contributed by atoms with Gasteiger partial charge < -0.3 is 15.8 Å². The van der Waals surface area contributed by atoms with Crippen LogP contribution in [0.2, 0.25) is 0 Å². The molecule has 0 saturated heterocycles. The van der Waals surface area contributed by atoms with E-state index in [0.29, 0.717) is 24.7 Å². The molecule has 0 unspecified atom stereocenters. The molecule has 0 fully saturated rings. The maximum Gasteiger partial charge on any atom is 0.239 e. The number of ether oxygens (including phenoxy) is 1. The molecular formula is C14H16BrN3O. The van der Waals surface area contributed by atoms with E-state index < -0.39 is 0 Å². The molecule has 19 heavy (non-hydrogen) atoms. The summed E-state index contributed by atoms with van der Waals surface area (Å²) in [5.74, 6) is 1.22. The number of nitrogens with one attached hydrogen (secondary N) is 1. The number of rotatable bonds is 5. The molecule has 0 spiro atoms. The number of halogens is 1. The predicted molar refractivity (Wildman–Crippen MR) is 81.3 cm³/mol. The van der Waals surface area contributed by atoms with Crippen LogP contribution in [-0.2, 0) is 6.54 Å². The van der Waals surface area contributed by atoms with Crippen LogP contribution in [0.3, 0.4) is 0 Å². The Bertz CT molecular complexity index is 560. The Morgan fingerprint density at radius 1 is 1.32 bits per heavy atom. The second-order valence-electron chi connectivity index (χ2n) is 4.01. The van der Waals surface area contributed by atoms with Crippen LogP contribution < -0.4 is 15.8 Å². The van der Waals surface area contributed by atoms with Crippen molar-refractivity contribution in [3.63, 3.8) is 0 Å². The monoisotopic (exact) mass is 321 g/mol. The van der Waals surface area contributed by atoms with Gasteiger partial charge in [-0.15, -0.1) is 0 Å². The number of nitrogens with zero attached hydrogens (tertiary/aromatic N) is 1. The molecule has 0 radical (unpaired) electrons. The first-order chi connectivity index (χ1) is 9.19. The summed E-state index contributed by atoms with van der Waals surface area (Å²) in [4.78, 5) is 4.33. The first-order valence-electron chi connectivity index (χ1n) is 6.06. The van der Waals surface area contributed by atoms with Crippen molar-refractivity contribution in [2.24, 2.45) is 0 Å². The number of anilines is 2. The van der Waals surface area contributed by atoms with Crippen molar-refractivity contribution >= 4 is 27.4 Å². The highest BCUT2D eigenvalue weighted by Gasteiger charge is 2.03. The maximum absolute atomic E-state index is 5.78. The summed E-state index contributed by atoms with van der Waals surface area (Å²) < 4.78 is 6.43. The minimum absolute atomic E-state index is 0.474. The van der Waals surface area contributed by atoms with Crippen molar-refractivity contribution in [1.82, 2.24) is 4.98 Å². The lowest BCUT2D eigenvalue weighted by Crippen LogP contribution is -2.05. The summed E-state index contributed by atoms with van der Waals surface area (Å²) in [5, 5.41) is 3.25. The van der Waals surface area contributed by atoms with Crippen molar-refractivity contribution in [2.45, 2.75) is 13.5 Å². The minimum Gasteiger partial charge on any atom is -0.476 e. The highest BCUT2D eigenvalue weighted by Crippen LogP contribution is 2.21. The molecule has 100 valence electrons. The molecule has 0 saturated carbocycles. The Morgan fingerprint density at radius 2 is 2.16 bits per heavy atom. The van der Waals surface area contributed by atoms with E-state index in [-0.39, 0.29) is 0 Å². The molecule has 0 aliphatic heterocycles. The quantitative estimate of drug-likeness (QED) is 0.885. The molecular weight excluding hydrogens is 306 g/mol. The van der Waals surface area contributed by atoms with E-state index in [4.69, 9.17) is 10.5 Å². The van der Waals surface area contributed by atoms with E-state index in [1.54, 1.807) is 6.07 Å². The summed E-state index contributed by atoms with van der Waals surface area (Å²) in [6.07, 6.45) is 0. The van der Waals surface area contributed by atoms with Gasteiger partial charge >= 0.3 is 0 Å². The summed E-state index contributed by atoms with van der Waals surface area (Å²) in [5.41, 5.74) is 7.50. The lowest BCUT2D eigenvalue weighted by Gasteiger charge is -2.10. The van der Waals surface area contributed by atoms with Crippen LogP contribution in [-0.4, -0.2) is 11.6 Å². The topological polar surface area (TPSA) is 60.2 Å². The summed E-state index contributed by atoms with van der Waals surface area (Å²) in [6, 6.07) is 11.8. The third-order valence-corrected chi connectivity index (χ3v) is 3.03. The number of nitrogens with two attached hydrogens (primary N) is 1. The number of pyridine rings is 1. The smallest absolute Gasteiger partial charge is 0.239 e. The van der Waals surface area contributed by atoms with E-state index in [2.05, 4.69) is 38.4 Å². The molecule has 0 atom stereocenters. The standard InChI is InChI=1S/C14H16BrN3O/c1-2-19-14-12(16)6-7-13(18-14)17-9-10-4-3-5-11(15)8-10/h3-8H,2,9,16H2,1H3,(H,17,18). The minimum atomic E-state index is 0.474. The van der Waals surface area contributed by atoms with Gasteiger partial charge in [-0.1, -0.05) is 28.1 Å². The molecule has 0 aliphatic carbocycles. The first-order valence-corrected chi connectivity index (χ1v) is 6.86. The SMILES string of the molecule is CCOc1nc(NCc2cccc(Br)c2)ccc1N. The number of nitrogen functional groups attached to an aromatic ring is 1. The lowest BCUT2D eigenvalue weighted by molar-refractivity contribution is 0.329. The van der Waals surface area contributed by atoms with Crippen LogP contribution >= 0.6 is 15.9 Å². The van der Waals surface area contributed by atoms with Crippen molar-refractivity contribution in [1.29, 1.82) is 0 Å². The van der Waals surface area contributed by atoms with Gasteiger partial charge in [-0.2, -0.15) is 4.98 Å². The fourth-order valence-electron chi connectivity index (χ4n) is 1.64. The van der Waals surface area contributed by atoms with Gasteiger partial charge in [0.1, 0.15) is 5.82 Å². The van der Waals surface area contributed by atoms with Crippen LogP contribution in [0.15, 0.2) is 40.9 Å². The normalized spacial score (nSPS) is 10.2. The highest BCUT2D eigenvalue weighted by molar-refractivity contribution is 9.10. The number of hydrogen-bond donors (Lipinski definition) is 2. The van der Waals surface area contributed by atoms with E-state index in [0.717, 1.165) is 10.3 Å². The van der Waals surface area contributed by atoms with Gasteiger partial charge in [0.15, 0.2) is 0 Å². The Morgan fingerprint density at radius 3 is 2.89 bits per heavy atom. The number of aromatic nitrogens is 1. The van der Waals surface area contributed by atoms with Crippen LogP contribution in [0.25, 0.3) is 0 Å². The predicted octanol–water partition coefficient (Wildman–Crippen LogP) is 3.44. The largest absolute Gasteiger partial charge is 0.476 e. The van der Waals surface area contributed by atoms with Gasteiger partial charge in [0.2, 0.25) is 5.88 Å². The van der Waals surface area contributed by atoms with Crippen molar-refractivity contribution in [3.8, 4) is 5.88 Å². The van der Waals surface area contributed by atoms with Gasteiger partial charge in [0.25, 0.3) is 0 Å². The third kappa shape index (κ3) is 3.86. The average molecular weight is 322 g/mol. The van der Waals surface area contributed by atoms with Crippen molar-refractivity contribution in [3.05, 3.63) is 46.4 Å². The average Bonchev–Trinajstić information content (AvgIpc) is 2.40. The maximum atomic E-state index is 5.78. The molecule has 1 aromatic heterocycles. The summed E-state index contributed by atoms with van der Waals surface area (Å²) in [7, 11) is 0. The molecule has 3 N–H and O–H groups in total. The number of benzene rings is 1. The molecule has 0 bridgehead atoms. The lowest BCUT2D eigenvalue weighted by atomic mass is 10.2. The van der Waals surface area contributed by atoms with E-state index in [1.807, 2.05) is 25.1 Å². The van der Waals surface area contributed by atoms with Crippen LogP contribution in [0, 0.1) is 0 Å². The van der Waals surface area contributed by atoms with Gasteiger partial charge in [0, 0.05) is 11.0 Å². The molecule has 0 amide bonds. The second-order valence-corrected chi connectivity index (χ2v) is 4.92. The van der Waals surface area contributed by atoms with Crippen molar-refractivity contribution < 1.29 is 4.74 Å². The van der Waals surface area contributed by atoms with Crippen molar-refractivity contribution in [2.75, 3.05) is 17.7 Å². The second kappa shape index (κ2) is 6.43. The molecule has 4 nitrogen and oxygen atoms in total. The first kappa shape index (κ1) is 13.7. The molecule has 5 heteroatoms. The van der Waals surface area contributed by atoms with Crippen LogP contribution in [0.1, 0.15) is 12.5 Å². The van der Waals surface area contributed by atoms with Gasteiger partial charge in [-0.25, -0.2) is 0 Å². The zero-order chi connectivity index (χ0) is 13.7. The summed E-state index contributed by atoms with van der Waals surface area (Å²) in [6.45, 7) is 3.15. The molecule has 1 heterocycles. The van der Waals surface area contributed by atoms with E-state index in [9.17, 15) is 0 Å². The van der Waals surface area contributed by atoms with E-state index >= 15 is 0 Å². The zero-order valence-corrected chi connectivity index (χ0v) is 12.3. The van der Waals surface area contributed by atoms with E-state index in [1.165, 1.54) is 5.56 Å². The third-order valence-electron chi connectivity index (χ3n) is 2.53. The fourth-order valence-corrected chi connectivity index (χ4v) is 2.09. The fraction of sp³-hybridized carbons (Fsp3) is 0.214. The Balaban J connectivity index is 2.05.